The number of fused-ring (bicyclic) bond motifs is 1. The largest absolute Gasteiger partial charge is 0.465 e. The Kier molecular flexibility index (Phi) is 3.38. The van der Waals surface area contributed by atoms with Gasteiger partial charge in [-0.3, -0.25) is 9.59 Å². The van der Waals surface area contributed by atoms with Crippen molar-refractivity contribution in [2.45, 2.75) is 58.9 Å². The molecule has 0 radical (unpaired) electrons. The molecule has 1 heterocycles. The summed E-state index contributed by atoms with van der Waals surface area (Å²) >= 11 is 0. The number of nitrogens with zero attached hydrogens (tertiary/aromatic N) is 1. The number of rotatable bonds is 2. The van der Waals surface area contributed by atoms with Crippen LogP contribution in [0.3, 0.4) is 0 Å². The van der Waals surface area contributed by atoms with Gasteiger partial charge in [0.1, 0.15) is 5.78 Å². The summed E-state index contributed by atoms with van der Waals surface area (Å²) in [6, 6.07) is -0.546. The molecule has 5 nitrogen and oxygen atoms in total. The highest BCUT2D eigenvalue weighted by Gasteiger charge is 2.65. The van der Waals surface area contributed by atoms with Gasteiger partial charge < -0.3 is 10.0 Å². The van der Waals surface area contributed by atoms with Crippen molar-refractivity contribution in [1.82, 2.24) is 4.90 Å². The number of Topliss-reactive ketones (excluding diaryl/α,β-unsaturated/α-hetero) is 2. The number of carbonyl (C=O) groups is 3. The normalized spacial score (nSPS) is 37.9. The predicted molar refractivity (Wildman–Crippen MR) is 80.5 cm³/mol. The van der Waals surface area contributed by atoms with Gasteiger partial charge in [-0.2, -0.15) is 0 Å². The van der Waals surface area contributed by atoms with Crippen molar-refractivity contribution in [3.05, 3.63) is 0 Å². The summed E-state index contributed by atoms with van der Waals surface area (Å²) in [7, 11) is 0. The molecule has 3 fully saturated rings. The lowest BCUT2D eigenvalue weighted by molar-refractivity contribution is -0.144. The van der Waals surface area contributed by atoms with E-state index in [1.54, 1.807) is 0 Å². The molecule has 22 heavy (non-hydrogen) atoms. The number of carbonyl (C=O) groups excluding carboxylic acids is 2. The SMILES string of the molecule is CC(C)(C)C1C(C(=O)C23CCCC2C3)C(=O)CCN1C(=O)O. The number of hydrogen-bond donors (Lipinski definition) is 1. The molecule has 1 amide bonds. The standard InChI is InChI=1S/C17H25NO4/c1-16(2,3)13-12(11(19)6-8-18(13)15(21)22)14(20)17-7-4-5-10(17)9-17/h10,12-13H,4-9H2,1-3H3,(H,21,22). The fraction of sp³-hybridized carbons (Fsp3) is 0.824. The number of hydrogen-bond acceptors (Lipinski definition) is 3. The summed E-state index contributed by atoms with van der Waals surface area (Å²) in [5.41, 5.74) is -0.736. The molecule has 0 aromatic rings. The predicted octanol–water partition coefficient (Wildman–Crippen LogP) is 2.73. The minimum atomic E-state index is -1.03. The minimum Gasteiger partial charge on any atom is -0.465 e. The number of likely N-dealkylation sites (tertiary alicyclic amines) is 1. The van der Waals surface area contributed by atoms with Crippen LogP contribution in [-0.2, 0) is 9.59 Å². The highest BCUT2D eigenvalue weighted by molar-refractivity contribution is 6.08. The number of ketones is 2. The average molecular weight is 307 g/mol. The topological polar surface area (TPSA) is 74.7 Å². The zero-order valence-electron chi connectivity index (χ0n) is 13.6. The van der Waals surface area contributed by atoms with Crippen LogP contribution in [0.5, 0.6) is 0 Å². The van der Waals surface area contributed by atoms with E-state index in [-0.39, 0.29) is 29.9 Å². The molecule has 0 bridgehead atoms. The van der Waals surface area contributed by atoms with Gasteiger partial charge in [0.05, 0.1) is 12.0 Å². The summed E-state index contributed by atoms with van der Waals surface area (Å²) in [5.74, 6) is -0.359. The molecule has 2 saturated carbocycles. The van der Waals surface area contributed by atoms with Crippen molar-refractivity contribution in [3.63, 3.8) is 0 Å². The Morgan fingerprint density at radius 3 is 2.45 bits per heavy atom. The fourth-order valence-corrected chi connectivity index (χ4v) is 4.82. The van der Waals surface area contributed by atoms with Crippen LogP contribution in [0.15, 0.2) is 0 Å². The van der Waals surface area contributed by atoms with Crippen molar-refractivity contribution < 1.29 is 19.5 Å². The molecule has 1 aliphatic heterocycles. The number of carboxylic acid groups (broad SMARTS) is 1. The molecule has 0 spiro atoms. The van der Waals surface area contributed by atoms with Gasteiger partial charge in [-0.05, 0) is 30.6 Å². The summed E-state index contributed by atoms with van der Waals surface area (Å²) in [5, 5.41) is 9.50. The second-order valence-corrected chi connectivity index (χ2v) is 8.29. The molecule has 122 valence electrons. The average Bonchev–Trinajstić information content (AvgIpc) is 2.98. The molecule has 0 aromatic heterocycles. The summed E-state index contributed by atoms with van der Waals surface area (Å²) in [6.07, 6.45) is 3.05. The highest BCUT2D eigenvalue weighted by atomic mass is 16.4. The van der Waals surface area contributed by atoms with E-state index < -0.39 is 23.5 Å². The third-order valence-electron chi connectivity index (χ3n) is 5.91. The Morgan fingerprint density at radius 1 is 1.32 bits per heavy atom. The smallest absolute Gasteiger partial charge is 0.407 e. The first-order chi connectivity index (χ1) is 10.2. The van der Waals surface area contributed by atoms with Gasteiger partial charge in [0.25, 0.3) is 0 Å². The highest BCUT2D eigenvalue weighted by Crippen LogP contribution is 2.65. The van der Waals surface area contributed by atoms with Gasteiger partial charge in [0.2, 0.25) is 0 Å². The first-order valence-corrected chi connectivity index (χ1v) is 8.25. The molecule has 4 unspecified atom stereocenters. The molecule has 5 heteroatoms. The van der Waals surface area contributed by atoms with Crippen molar-refractivity contribution in [2.75, 3.05) is 6.54 Å². The maximum Gasteiger partial charge on any atom is 0.407 e. The van der Waals surface area contributed by atoms with Crippen LogP contribution in [0.2, 0.25) is 0 Å². The van der Waals surface area contributed by atoms with Crippen LogP contribution < -0.4 is 0 Å². The molecule has 3 rings (SSSR count). The van der Waals surface area contributed by atoms with E-state index in [9.17, 15) is 19.5 Å². The van der Waals surface area contributed by atoms with Crippen LogP contribution in [0.4, 0.5) is 4.79 Å². The van der Waals surface area contributed by atoms with Gasteiger partial charge in [-0.25, -0.2) is 4.79 Å². The van der Waals surface area contributed by atoms with Gasteiger partial charge >= 0.3 is 6.09 Å². The molecule has 3 aliphatic rings. The second-order valence-electron chi connectivity index (χ2n) is 8.29. The Labute approximate surface area is 131 Å². The third-order valence-corrected chi connectivity index (χ3v) is 5.91. The monoisotopic (exact) mass is 307 g/mol. The van der Waals surface area contributed by atoms with E-state index in [4.69, 9.17) is 0 Å². The Bertz CT molecular complexity index is 535. The van der Waals surface area contributed by atoms with E-state index in [1.807, 2.05) is 20.8 Å². The lowest BCUT2D eigenvalue weighted by Gasteiger charge is -2.46. The zero-order valence-corrected chi connectivity index (χ0v) is 13.6. The van der Waals surface area contributed by atoms with Crippen molar-refractivity contribution >= 4 is 17.7 Å². The van der Waals surface area contributed by atoms with E-state index >= 15 is 0 Å². The molecular weight excluding hydrogens is 282 g/mol. The molecule has 4 atom stereocenters. The molecule has 2 aliphatic carbocycles. The number of piperidine rings is 1. The Morgan fingerprint density at radius 2 is 2.00 bits per heavy atom. The maximum atomic E-state index is 13.2. The lowest BCUT2D eigenvalue weighted by Crippen LogP contribution is -2.60. The van der Waals surface area contributed by atoms with Crippen LogP contribution in [0.1, 0.15) is 52.9 Å². The summed E-state index contributed by atoms with van der Waals surface area (Å²) in [4.78, 5) is 38.6. The molecule has 0 aromatic carbocycles. The van der Waals surface area contributed by atoms with Crippen molar-refractivity contribution in [1.29, 1.82) is 0 Å². The van der Waals surface area contributed by atoms with Crippen LogP contribution in [0.25, 0.3) is 0 Å². The third kappa shape index (κ3) is 2.17. The van der Waals surface area contributed by atoms with Gasteiger partial charge in [-0.15, -0.1) is 0 Å². The van der Waals surface area contributed by atoms with Crippen LogP contribution >= 0.6 is 0 Å². The summed E-state index contributed by atoms with van der Waals surface area (Å²) in [6.45, 7) is 5.96. The van der Waals surface area contributed by atoms with Gasteiger partial charge in [0.15, 0.2) is 5.78 Å². The minimum absolute atomic E-state index is 0.0332. The molecule has 1 N–H and O–H groups in total. The van der Waals surface area contributed by atoms with Gasteiger partial charge in [0, 0.05) is 18.4 Å². The first kappa shape index (κ1) is 15.5. The van der Waals surface area contributed by atoms with Crippen molar-refractivity contribution in [3.8, 4) is 0 Å². The van der Waals surface area contributed by atoms with E-state index in [2.05, 4.69) is 0 Å². The fourth-order valence-electron chi connectivity index (χ4n) is 4.82. The Hall–Kier alpha value is -1.39. The first-order valence-electron chi connectivity index (χ1n) is 8.25. The quantitative estimate of drug-likeness (QED) is 0.796. The molecular formula is C17H25NO4. The van der Waals surface area contributed by atoms with E-state index in [1.165, 1.54) is 4.90 Å². The molecule has 1 saturated heterocycles. The second kappa shape index (κ2) is 4.80. The van der Waals surface area contributed by atoms with Crippen LogP contribution in [0, 0.1) is 22.7 Å². The zero-order chi connectivity index (χ0) is 16.3. The van der Waals surface area contributed by atoms with E-state index in [0.717, 1.165) is 25.7 Å². The van der Waals surface area contributed by atoms with Crippen LogP contribution in [-0.4, -0.2) is 40.3 Å². The maximum absolute atomic E-state index is 13.2. The number of amides is 1. The van der Waals surface area contributed by atoms with E-state index in [0.29, 0.717) is 5.92 Å². The Balaban J connectivity index is 1.96. The summed E-state index contributed by atoms with van der Waals surface area (Å²) < 4.78 is 0. The van der Waals surface area contributed by atoms with Crippen molar-refractivity contribution in [2.24, 2.45) is 22.7 Å². The lowest BCUT2D eigenvalue weighted by atomic mass is 9.69. The van der Waals surface area contributed by atoms with Gasteiger partial charge in [-0.1, -0.05) is 27.2 Å².